The molecule has 150 valence electrons. The second kappa shape index (κ2) is 8.03. The molecule has 1 saturated heterocycles. The van der Waals surface area contributed by atoms with Crippen LogP contribution in [0.1, 0.15) is 0 Å². The molecule has 5 rings (SSSR count). The van der Waals surface area contributed by atoms with Gasteiger partial charge in [-0.1, -0.05) is 54.6 Å². The molecule has 30 heavy (non-hydrogen) atoms. The van der Waals surface area contributed by atoms with Gasteiger partial charge in [0.2, 0.25) is 0 Å². The number of nitrogens with zero attached hydrogens (tertiary/aromatic N) is 4. The van der Waals surface area contributed by atoms with Gasteiger partial charge >= 0.3 is 0 Å². The second-order valence-electron chi connectivity index (χ2n) is 7.40. The van der Waals surface area contributed by atoms with Gasteiger partial charge in [-0.05, 0) is 24.3 Å². The molecule has 0 unspecified atom stereocenters. The van der Waals surface area contributed by atoms with Crippen LogP contribution < -0.4 is 14.5 Å². The van der Waals surface area contributed by atoms with Crippen LogP contribution in [0.2, 0.25) is 0 Å². The van der Waals surface area contributed by atoms with Crippen LogP contribution in [0.5, 0.6) is 5.75 Å². The van der Waals surface area contributed by atoms with Crippen LogP contribution in [0.25, 0.3) is 22.3 Å². The van der Waals surface area contributed by atoms with E-state index in [9.17, 15) is 0 Å². The Bertz CT molecular complexity index is 1150. The van der Waals surface area contributed by atoms with Crippen LogP contribution in [0, 0.1) is 0 Å². The van der Waals surface area contributed by atoms with Gasteiger partial charge in [-0.2, -0.15) is 0 Å². The van der Waals surface area contributed by atoms with Crippen LogP contribution >= 0.6 is 0 Å². The quantitative estimate of drug-likeness (QED) is 0.503. The average molecular weight is 396 g/mol. The van der Waals surface area contributed by atoms with Gasteiger partial charge < -0.3 is 14.5 Å². The predicted octanol–water partition coefficient (Wildman–Crippen LogP) is 4.63. The third kappa shape index (κ3) is 3.43. The highest BCUT2D eigenvalue weighted by Gasteiger charge is 2.22. The molecule has 0 amide bonds. The summed E-state index contributed by atoms with van der Waals surface area (Å²) in [5.74, 6) is 2.71. The highest BCUT2D eigenvalue weighted by Crippen LogP contribution is 2.31. The Labute approximate surface area is 176 Å². The van der Waals surface area contributed by atoms with Gasteiger partial charge in [0.25, 0.3) is 0 Å². The first-order valence-electron chi connectivity index (χ1n) is 10.3. The minimum atomic E-state index is 0.774. The second-order valence-corrected chi connectivity index (χ2v) is 7.40. The number of fused-ring (bicyclic) bond motifs is 1. The fourth-order valence-corrected chi connectivity index (χ4v) is 4.07. The minimum absolute atomic E-state index is 0.774. The molecule has 0 bridgehead atoms. The maximum absolute atomic E-state index is 5.56. The molecule has 1 aliphatic rings. The summed E-state index contributed by atoms with van der Waals surface area (Å²) in [5.41, 5.74) is 3.17. The van der Waals surface area contributed by atoms with Crippen molar-refractivity contribution in [1.82, 2.24) is 9.97 Å². The molecular weight excluding hydrogens is 372 g/mol. The van der Waals surface area contributed by atoms with Crippen molar-refractivity contribution in [1.29, 1.82) is 0 Å². The maximum atomic E-state index is 5.56. The topological polar surface area (TPSA) is 41.5 Å². The van der Waals surface area contributed by atoms with Crippen LogP contribution in [-0.4, -0.2) is 43.3 Å². The molecule has 1 aliphatic heterocycles. The number of piperazine rings is 1. The van der Waals surface area contributed by atoms with E-state index in [4.69, 9.17) is 14.7 Å². The highest BCUT2D eigenvalue weighted by molar-refractivity contribution is 5.91. The summed E-state index contributed by atoms with van der Waals surface area (Å²) >= 11 is 0. The zero-order chi connectivity index (χ0) is 20.3. The molecule has 0 atom stereocenters. The SMILES string of the molecule is COc1ccccc1N1CCN(c2nc(-c3ccccc3)nc3ccccc23)CC1. The van der Waals surface area contributed by atoms with E-state index in [0.29, 0.717) is 0 Å². The molecule has 2 heterocycles. The van der Waals surface area contributed by atoms with Gasteiger partial charge in [0.15, 0.2) is 5.82 Å². The fraction of sp³-hybridized carbons (Fsp3) is 0.200. The first-order valence-corrected chi connectivity index (χ1v) is 10.3. The van der Waals surface area contributed by atoms with E-state index in [2.05, 4.69) is 52.3 Å². The van der Waals surface area contributed by atoms with Crippen LogP contribution in [0.15, 0.2) is 78.9 Å². The zero-order valence-electron chi connectivity index (χ0n) is 17.0. The third-order valence-corrected chi connectivity index (χ3v) is 5.62. The predicted molar refractivity (Wildman–Crippen MR) is 122 cm³/mol. The van der Waals surface area contributed by atoms with E-state index in [-0.39, 0.29) is 0 Å². The summed E-state index contributed by atoms with van der Waals surface area (Å²) in [5, 5.41) is 1.10. The molecule has 3 aromatic carbocycles. The van der Waals surface area contributed by atoms with Crippen molar-refractivity contribution in [2.45, 2.75) is 0 Å². The van der Waals surface area contributed by atoms with Crippen molar-refractivity contribution >= 4 is 22.4 Å². The lowest BCUT2D eigenvalue weighted by Gasteiger charge is -2.37. The average Bonchev–Trinajstić information content (AvgIpc) is 2.84. The number of hydrogen-bond donors (Lipinski definition) is 0. The van der Waals surface area contributed by atoms with Gasteiger partial charge in [-0.25, -0.2) is 9.97 Å². The molecule has 0 saturated carbocycles. The Morgan fingerprint density at radius 3 is 2.17 bits per heavy atom. The summed E-state index contributed by atoms with van der Waals surface area (Å²) in [7, 11) is 1.73. The normalized spacial score (nSPS) is 14.2. The van der Waals surface area contributed by atoms with Crippen LogP contribution in [0.3, 0.4) is 0 Å². The number of para-hydroxylation sites is 3. The molecular formula is C25H24N4O. The zero-order valence-corrected chi connectivity index (χ0v) is 17.0. The van der Waals surface area contributed by atoms with E-state index in [1.807, 2.05) is 36.4 Å². The molecule has 0 spiro atoms. The summed E-state index contributed by atoms with van der Waals surface area (Å²) in [6.45, 7) is 3.62. The number of ether oxygens (including phenoxy) is 1. The lowest BCUT2D eigenvalue weighted by Crippen LogP contribution is -2.47. The van der Waals surface area contributed by atoms with Crippen LogP contribution in [-0.2, 0) is 0 Å². The number of aromatic nitrogens is 2. The van der Waals surface area contributed by atoms with Gasteiger partial charge in [-0.15, -0.1) is 0 Å². The monoisotopic (exact) mass is 396 g/mol. The first kappa shape index (κ1) is 18.4. The Hall–Kier alpha value is -3.60. The van der Waals surface area contributed by atoms with Gasteiger partial charge in [0.05, 0.1) is 18.3 Å². The van der Waals surface area contributed by atoms with E-state index < -0.39 is 0 Å². The van der Waals surface area contributed by atoms with Crippen molar-refractivity contribution in [2.75, 3.05) is 43.1 Å². The summed E-state index contributed by atoms with van der Waals surface area (Å²) in [6, 6.07) is 26.7. The molecule has 5 heteroatoms. The lowest BCUT2D eigenvalue weighted by molar-refractivity contribution is 0.413. The number of rotatable bonds is 4. The van der Waals surface area contributed by atoms with Crippen molar-refractivity contribution in [3.8, 4) is 17.1 Å². The molecule has 1 aromatic heterocycles. The summed E-state index contributed by atoms with van der Waals surface area (Å²) < 4.78 is 5.56. The Morgan fingerprint density at radius 2 is 1.37 bits per heavy atom. The molecule has 1 fully saturated rings. The van der Waals surface area contributed by atoms with Gasteiger partial charge in [0, 0.05) is 37.1 Å². The summed E-state index contributed by atoms with van der Waals surface area (Å²) in [6.07, 6.45) is 0. The van der Waals surface area contributed by atoms with Crippen molar-refractivity contribution in [3.05, 3.63) is 78.9 Å². The van der Waals surface area contributed by atoms with E-state index in [1.54, 1.807) is 7.11 Å². The van der Waals surface area contributed by atoms with Crippen molar-refractivity contribution < 1.29 is 4.74 Å². The summed E-state index contributed by atoms with van der Waals surface area (Å²) in [4.78, 5) is 14.6. The lowest BCUT2D eigenvalue weighted by atomic mass is 10.1. The van der Waals surface area contributed by atoms with E-state index in [1.165, 1.54) is 0 Å². The molecule has 5 nitrogen and oxygen atoms in total. The highest BCUT2D eigenvalue weighted by atomic mass is 16.5. The Kier molecular flexibility index (Phi) is 4.93. The van der Waals surface area contributed by atoms with Gasteiger partial charge in [0.1, 0.15) is 11.6 Å². The van der Waals surface area contributed by atoms with E-state index >= 15 is 0 Å². The number of anilines is 2. The smallest absolute Gasteiger partial charge is 0.162 e. The van der Waals surface area contributed by atoms with E-state index in [0.717, 1.165) is 65.7 Å². The number of hydrogen-bond acceptors (Lipinski definition) is 5. The number of methoxy groups -OCH3 is 1. The third-order valence-electron chi connectivity index (χ3n) is 5.62. The minimum Gasteiger partial charge on any atom is -0.495 e. The maximum Gasteiger partial charge on any atom is 0.162 e. The molecule has 0 aliphatic carbocycles. The molecule has 0 N–H and O–H groups in total. The van der Waals surface area contributed by atoms with Crippen molar-refractivity contribution in [3.63, 3.8) is 0 Å². The largest absolute Gasteiger partial charge is 0.495 e. The number of benzene rings is 3. The molecule has 4 aromatic rings. The fourth-order valence-electron chi connectivity index (χ4n) is 4.07. The standard InChI is InChI=1S/C25H24N4O/c1-30-23-14-8-7-13-22(23)28-15-17-29(18-16-28)25-20-11-5-6-12-21(20)26-24(27-25)19-9-3-2-4-10-19/h2-14H,15-18H2,1H3. The van der Waals surface area contributed by atoms with Crippen molar-refractivity contribution in [2.24, 2.45) is 0 Å². The first-order chi connectivity index (χ1) is 14.8. The van der Waals surface area contributed by atoms with Gasteiger partial charge in [-0.3, -0.25) is 0 Å². The molecule has 0 radical (unpaired) electrons. The Balaban J connectivity index is 1.47. The van der Waals surface area contributed by atoms with Crippen LogP contribution in [0.4, 0.5) is 11.5 Å². The Morgan fingerprint density at radius 1 is 0.700 bits per heavy atom.